The Hall–Kier alpha value is -3.13. The lowest BCUT2D eigenvalue weighted by atomic mass is 9.81. The van der Waals surface area contributed by atoms with Gasteiger partial charge in [0.15, 0.2) is 5.17 Å². The van der Waals surface area contributed by atoms with Gasteiger partial charge in [0.2, 0.25) is 0 Å². The van der Waals surface area contributed by atoms with Crippen molar-refractivity contribution in [2.75, 3.05) is 13.2 Å². The largest absolute Gasteiger partial charge is 0.508 e. The fourth-order valence-electron chi connectivity index (χ4n) is 6.24. The van der Waals surface area contributed by atoms with Crippen LogP contribution < -0.4 is 4.74 Å². The highest BCUT2D eigenvalue weighted by Crippen LogP contribution is 2.56. The number of phenolic OH excluding ortho intramolecular Hbond substituents is 1. The van der Waals surface area contributed by atoms with Gasteiger partial charge in [-0.25, -0.2) is 4.99 Å². The third kappa shape index (κ3) is 5.27. The summed E-state index contributed by atoms with van der Waals surface area (Å²) in [5.74, 6) is 0.846. The molecule has 9 heteroatoms. The van der Waals surface area contributed by atoms with Gasteiger partial charge in [-0.3, -0.25) is 4.79 Å². The molecule has 0 aliphatic carbocycles. The van der Waals surface area contributed by atoms with E-state index in [1.165, 1.54) is 11.8 Å². The molecule has 1 fully saturated rings. The maximum atomic E-state index is 14.3. The molecule has 3 aromatic rings. The van der Waals surface area contributed by atoms with Crippen LogP contribution in [0.4, 0.5) is 0 Å². The Labute approximate surface area is 261 Å². The fourth-order valence-corrected chi connectivity index (χ4v) is 7.85. The zero-order valence-electron chi connectivity index (χ0n) is 23.8. The van der Waals surface area contributed by atoms with E-state index in [-0.39, 0.29) is 29.7 Å². The van der Waals surface area contributed by atoms with Crippen molar-refractivity contribution in [3.8, 4) is 11.5 Å². The number of likely N-dealkylation sites (tertiary alicyclic amines) is 1. The number of nitrogens with zero attached hydrogens (tertiary/aromatic N) is 3. The van der Waals surface area contributed by atoms with Gasteiger partial charge in [-0.05, 0) is 85.0 Å². The molecule has 6 nitrogen and oxygen atoms in total. The first kappa shape index (κ1) is 29.0. The minimum Gasteiger partial charge on any atom is -0.508 e. The molecule has 1 N–H and O–H groups in total. The third-order valence-corrected chi connectivity index (χ3v) is 9.83. The van der Waals surface area contributed by atoms with Crippen LogP contribution in [0, 0.1) is 5.92 Å². The molecule has 1 saturated heterocycles. The van der Waals surface area contributed by atoms with Crippen molar-refractivity contribution in [3.05, 3.63) is 105 Å². The Morgan fingerprint density at radius 2 is 1.79 bits per heavy atom. The van der Waals surface area contributed by atoms with Gasteiger partial charge in [0.25, 0.3) is 5.91 Å². The van der Waals surface area contributed by atoms with Crippen molar-refractivity contribution in [1.82, 2.24) is 9.80 Å². The number of hydrogen-bond acceptors (Lipinski definition) is 6. The van der Waals surface area contributed by atoms with E-state index in [9.17, 15) is 9.90 Å². The maximum Gasteiger partial charge on any atom is 0.262 e. The van der Waals surface area contributed by atoms with E-state index < -0.39 is 5.54 Å². The predicted octanol–water partition coefficient (Wildman–Crippen LogP) is 8.01. The smallest absolute Gasteiger partial charge is 0.262 e. The molecule has 6 rings (SSSR count). The summed E-state index contributed by atoms with van der Waals surface area (Å²) in [4.78, 5) is 24.5. The molecule has 0 spiro atoms. The molecule has 0 radical (unpaired) electrons. The number of carbonyl (C=O) groups is 1. The van der Waals surface area contributed by atoms with Gasteiger partial charge >= 0.3 is 0 Å². The van der Waals surface area contributed by atoms with Gasteiger partial charge in [-0.15, -0.1) is 0 Å². The Bertz CT molecular complexity index is 1560. The molecular weight excluding hydrogens is 589 g/mol. The minimum absolute atomic E-state index is 0.0193. The fraction of sp³-hybridized carbons (Fsp3) is 0.333. The van der Waals surface area contributed by atoms with E-state index in [2.05, 4.69) is 37.8 Å². The highest BCUT2D eigenvalue weighted by Gasteiger charge is 2.53. The van der Waals surface area contributed by atoms with E-state index >= 15 is 0 Å². The Kier molecular flexibility index (Phi) is 7.94. The van der Waals surface area contributed by atoms with Gasteiger partial charge in [-0.1, -0.05) is 67.4 Å². The second-order valence-electron chi connectivity index (χ2n) is 11.4. The summed E-state index contributed by atoms with van der Waals surface area (Å²) in [5, 5.41) is 12.0. The van der Waals surface area contributed by atoms with E-state index in [0.29, 0.717) is 28.9 Å². The third-order valence-electron chi connectivity index (χ3n) is 8.26. The van der Waals surface area contributed by atoms with Crippen molar-refractivity contribution >= 4 is 46.0 Å². The normalized spacial score (nSPS) is 23.5. The molecule has 0 unspecified atom stereocenters. The van der Waals surface area contributed by atoms with Crippen LogP contribution in [-0.4, -0.2) is 45.2 Å². The number of carbonyl (C=O) groups excluding carboxylic acids is 1. The lowest BCUT2D eigenvalue weighted by Crippen LogP contribution is -2.40. The molecule has 1 amide bonds. The average molecular weight is 623 g/mol. The number of amides is 1. The molecule has 3 heterocycles. The molecule has 3 aliphatic rings. The van der Waals surface area contributed by atoms with Gasteiger partial charge in [0.05, 0.1) is 12.1 Å². The Balaban J connectivity index is 1.35. The molecule has 0 bridgehead atoms. The van der Waals surface area contributed by atoms with Gasteiger partial charge in [0, 0.05) is 28.4 Å². The molecule has 3 aliphatic heterocycles. The first-order valence-electron chi connectivity index (χ1n) is 14.2. The van der Waals surface area contributed by atoms with Gasteiger partial charge in [0.1, 0.15) is 28.5 Å². The van der Waals surface area contributed by atoms with Crippen LogP contribution in [0.2, 0.25) is 10.0 Å². The molecule has 42 heavy (non-hydrogen) atoms. The zero-order valence-corrected chi connectivity index (χ0v) is 26.1. The van der Waals surface area contributed by atoms with Gasteiger partial charge in [-0.2, -0.15) is 0 Å². The van der Waals surface area contributed by atoms with Crippen LogP contribution >= 0.6 is 35.0 Å². The van der Waals surface area contributed by atoms with Crippen LogP contribution in [0.25, 0.3) is 0 Å². The molecule has 3 atom stereocenters. The van der Waals surface area contributed by atoms with E-state index in [1.54, 1.807) is 18.2 Å². The van der Waals surface area contributed by atoms with Crippen molar-refractivity contribution in [3.63, 3.8) is 0 Å². The lowest BCUT2D eigenvalue weighted by Gasteiger charge is -2.37. The number of benzene rings is 3. The summed E-state index contributed by atoms with van der Waals surface area (Å²) in [6.45, 7) is 7.47. The number of aliphatic imine (C=N–C) groups is 1. The molecule has 218 valence electrons. The molecule has 0 aromatic heterocycles. The molecular formula is C33H33Cl2N3O3S. The monoisotopic (exact) mass is 621 g/mol. The second kappa shape index (κ2) is 11.5. The minimum atomic E-state index is -0.610. The number of halogens is 2. The Morgan fingerprint density at radius 3 is 2.45 bits per heavy atom. The number of thioether (sulfide) groups is 1. The Morgan fingerprint density at radius 1 is 1.10 bits per heavy atom. The van der Waals surface area contributed by atoms with E-state index in [4.69, 9.17) is 32.9 Å². The molecule has 3 aromatic carbocycles. The number of phenols is 1. The number of amidine groups is 1. The first-order chi connectivity index (χ1) is 20.2. The quantitative estimate of drug-likeness (QED) is 0.289. The summed E-state index contributed by atoms with van der Waals surface area (Å²) >= 11 is 14.0. The predicted molar refractivity (Wildman–Crippen MR) is 170 cm³/mol. The zero-order chi connectivity index (χ0) is 29.6. The summed E-state index contributed by atoms with van der Waals surface area (Å²) < 4.78 is 6.00. The number of aromatic hydroxyl groups is 1. The van der Waals surface area contributed by atoms with Crippen LogP contribution in [0.1, 0.15) is 50.8 Å². The summed E-state index contributed by atoms with van der Waals surface area (Å²) in [5.41, 5.74) is 2.50. The van der Waals surface area contributed by atoms with Crippen LogP contribution in [0.15, 0.2) is 88.4 Å². The highest BCUT2D eigenvalue weighted by atomic mass is 35.5. The number of hydrogen-bond donors (Lipinski definition) is 1. The van der Waals surface area contributed by atoms with Gasteiger partial charge < -0.3 is 19.6 Å². The van der Waals surface area contributed by atoms with Crippen molar-refractivity contribution in [2.45, 2.75) is 51.2 Å². The summed E-state index contributed by atoms with van der Waals surface area (Å²) in [6, 6.07) is 22.3. The van der Waals surface area contributed by atoms with Crippen molar-refractivity contribution < 1.29 is 14.6 Å². The maximum absolute atomic E-state index is 14.3. The number of allylic oxidation sites excluding steroid dienone is 1. The lowest BCUT2D eigenvalue weighted by molar-refractivity contribution is -0.127. The topological polar surface area (TPSA) is 65.4 Å². The average Bonchev–Trinajstić information content (AvgIpc) is 3.65. The first-order valence-corrected chi connectivity index (χ1v) is 15.8. The van der Waals surface area contributed by atoms with Crippen LogP contribution in [0.3, 0.4) is 0 Å². The number of rotatable bonds is 7. The van der Waals surface area contributed by atoms with Crippen molar-refractivity contribution in [2.24, 2.45) is 10.9 Å². The second-order valence-corrected chi connectivity index (χ2v) is 13.3. The number of fused-ring (bicyclic) bond motifs is 1. The SMILES string of the molecule is CC(C)C1=C(C(=O)N2CCC[C@H]2COc2cccc(O)c2)SC2=N[C@@](C)(c3ccc(Cl)cc3)[C@@H](c3ccc(Cl)cc3)N21. The molecule has 0 saturated carbocycles. The van der Waals surface area contributed by atoms with Crippen LogP contribution in [-0.2, 0) is 10.3 Å². The summed E-state index contributed by atoms with van der Waals surface area (Å²) in [7, 11) is 0. The standard InChI is InChI=1S/C33H33Cl2N3O3S/c1-20(2)28-29(31(40)37-17-5-6-25(37)19-41-27-8-4-7-26(39)18-27)42-32-36-33(3,22-11-15-24(35)16-12-22)30(38(28)32)21-9-13-23(34)14-10-21/h4,7-16,18,20,25,30,39H,5-6,17,19H2,1-3H3/t25-,30+,33-/m0/s1. The van der Waals surface area contributed by atoms with E-state index in [1.807, 2.05) is 47.4 Å². The van der Waals surface area contributed by atoms with Crippen LogP contribution in [0.5, 0.6) is 11.5 Å². The van der Waals surface area contributed by atoms with E-state index in [0.717, 1.165) is 39.7 Å². The summed E-state index contributed by atoms with van der Waals surface area (Å²) in [6.07, 6.45) is 1.79. The highest BCUT2D eigenvalue weighted by molar-refractivity contribution is 8.18. The van der Waals surface area contributed by atoms with Crippen molar-refractivity contribution in [1.29, 1.82) is 0 Å². The number of ether oxygens (including phenoxy) is 1.